The van der Waals surface area contributed by atoms with Gasteiger partial charge in [0.25, 0.3) is 11.5 Å². The standard InChI is InChI=1S/C24H21N3O3/c1-15-8-10-16(11-9-15)23(28)25-20-14-17(12-13-21(20)30-3)22-18-6-4-5-7-19(18)24(29)27(2)26-22/h4-14H,1-3H3,(H,25,28). The topological polar surface area (TPSA) is 73.2 Å². The highest BCUT2D eigenvalue weighted by Gasteiger charge is 2.15. The fraction of sp³-hybridized carbons (Fsp3) is 0.125. The van der Waals surface area contributed by atoms with Crippen LogP contribution in [-0.4, -0.2) is 22.8 Å². The van der Waals surface area contributed by atoms with Crippen molar-refractivity contribution >= 4 is 22.4 Å². The normalized spacial score (nSPS) is 10.8. The molecule has 6 nitrogen and oxygen atoms in total. The molecule has 0 unspecified atom stereocenters. The van der Waals surface area contributed by atoms with E-state index >= 15 is 0 Å². The number of carbonyl (C=O) groups excluding carboxylic acids is 1. The molecule has 3 aromatic carbocycles. The van der Waals surface area contributed by atoms with E-state index in [1.807, 2.05) is 49.4 Å². The lowest BCUT2D eigenvalue weighted by Crippen LogP contribution is -2.20. The molecule has 1 amide bonds. The number of amides is 1. The van der Waals surface area contributed by atoms with Gasteiger partial charge in [-0.15, -0.1) is 0 Å². The largest absolute Gasteiger partial charge is 0.495 e. The number of methoxy groups -OCH3 is 1. The lowest BCUT2D eigenvalue weighted by atomic mass is 10.0. The molecule has 0 saturated heterocycles. The molecule has 1 heterocycles. The second-order valence-corrected chi connectivity index (χ2v) is 7.06. The number of aromatic nitrogens is 2. The first-order chi connectivity index (χ1) is 14.5. The van der Waals surface area contributed by atoms with Crippen LogP contribution in [0.2, 0.25) is 0 Å². The summed E-state index contributed by atoms with van der Waals surface area (Å²) in [7, 11) is 3.18. The molecule has 1 aromatic heterocycles. The zero-order valence-corrected chi connectivity index (χ0v) is 17.0. The fourth-order valence-electron chi connectivity index (χ4n) is 3.37. The Morgan fingerprint density at radius 1 is 1.00 bits per heavy atom. The number of aryl methyl sites for hydroxylation is 2. The maximum Gasteiger partial charge on any atom is 0.274 e. The van der Waals surface area contributed by atoms with Gasteiger partial charge in [0.1, 0.15) is 5.75 Å². The van der Waals surface area contributed by atoms with Crippen molar-refractivity contribution in [1.29, 1.82) is 0 Å². The molecule has 6 heteroatoms. The lowest BCUT2D eigenvalue weighted by Gasteiger charge is -2.14. The SMILES string of the molecule is COc1ccc(-c2nn(C)c(=O)c3ccccc23)cc1NC(=O)c1ccc(C)cc1. The first-order valence-electron chi connectivity index (χ1n) is 9.50. The first-order valence-corrected chi connectivity index (χ1v) is 9.50. The Hall–Kier alpha value is -3.93. The molecule has 150 valence electrons. The van der Waals surface area contributed by atoms with E-state index in [4.69, 9.17) is 4.74 Å². The summed E-state index contributed by atoms with van der Waals surface area (Å²) in [5.41, 5.74) is 3.43. The van der Waals surface area contributed by atoms with E-state index < -0.39 is 0 Å². The van der Waals surface area contributed by atoms with E-state index in [0.717, 1.165) is 16.5 Å². The molecule has 0 aliphatic rings. The highest BCUT2D eigenvalue weighted by molar-refractivity contribution is 6.05. The monoisotopic (exact) mass is 399 g/mol. The number of ether oxygens (including phenoxy) is 1. The summed E-state index contributed by atoms with van der Waals surface area (Å²) < 4.78 is 6.76. The first kappa shape index (κ1) is 19.4. The van der Waals surface area contributed by atoms with Crippen LogP contribution in [0.4, 0.5) is 5.69 Å². The summed E-state index contributed by atoms with van der Waals surface area (Å²) in [6.07, 6.45) is 0. The van der Waals surface area contributed by atoms with Crippen molar-refractivity contribution in [1.82, 2.24) is 9.78 Å². The Kier molecular flexibility index (Phi) is 5.06. The second kappa shape index (κ2) is 7.83. The molecular formula is C24H21N3O3. The van der Waals surface area contributed by atoms with Crippen LogP contribution >= 0.6 is 0 Å². The number of carbonyl (C=O) groups is 1. The molecule has 30 heavy (non-hydrogen) atoms. The summed E-state index contributed by atoms with van der Waals surface area (Å²) in [6, 6.07) is 20.1. The Bertz CT molecular complexity index is 1310. The third kappa shape index (κ3) is 3.55. The highest BCUT2D eigenvalue weighted by Crippen LogP contribution is 2.32. The predicted octanol–water partition coefficient (Wildman–Crippen LogP) is 4.17. The summed E-state index contributed by atoms with van der Waals surface area (Å²) in [4.78, 5) is 25.2. The highest BCUT2D eigenvalue weighted by atomic mass is 16.5. The quantitative estimate of drug-likeness (QED) is 0.559. The molecule has 1 N–H and O–H groups in total. The minimum absolute atomic E-state index is 0.157. The minimum atomic E-state index is -0.233. The maximum atomic E-state index is 12.7. The van der Waals surface area contributed by atoms with E-state index in [-0.39, 0.29) is 11.5 Å². The number of hydrogen-bond acceptors (Lipinski definition) is 4. The van der Waals surface area contributed by atoms with Gasteiger partial charge in [0.05, 0.1) is 23.9 Å². The van der Waals surface area contributed by atoms with E-state index in [9.17, 15) is 9.59 Å². The molecule has 0 radical (unpaired) electrons. The molecule has 0 atom stereocenters. The van der Waals surface area contributed by atoms with Crippen LogP contribution in [-0.2, 0) is 7.05 Å². The van der Waals surface area contributed by atoms with Gasteiger partial charge in [0.15, 0.2) is 0 Å². The van der Waals surface area contributed by atoms with Crippen LogP contribution in [0, 0.1) is 6.92 Å². The predicted molar refractivity (Wildman–Crippen MR) is 118 cm³/mol. The number of hydrogen-bond donors (Lipinski definition) is 1. The van der Waals surface area contributed by atoms with Gasteiger partial charge in [0, 0.05) is 23.6 Å². The van der Waals surface area contributed by atoms with Gasteiger partial charge >= 0.3 is 0 Å². The Morgan fingerprint density at radius 3 is 2.40 bits per heavy atom. The maximum absolute atomic E-state index is 12.7. The Morgan fingerprint density at radius 2 is 1.70 bits per heavy atom. The van der Waals surface area contributed by atoms with E-state index in [2.05, 4.69) is 10.4 Å². The van der Waals surface area contributed by atoms with Gasteiger partial charge < -0.3 is 10.1 Å². The van der Waals surface area contributed by atoms with Crippen molar-refractivity contribution in [3.63, 3.8) is 0 Å². The molecule has 0 bridgehead atoms. The average Bonchev–Trinajstić information content (AvgIpc) is 2.76. The van der Waals surface area contributed by atoms with Gasteiger partial charge in [-0.3, -0.25) is 9.59 Å². The van der Waals surface area contributed by atoms with Crippen molar-refractivity contribution in [3.05, 3.63) is 88.2 Å². The van der Waals surface area contributed by atoms with Gasteiger partial charge in [0.2, 0.25) is 0 Å². The van der Waals surface area contributed by atoms with Crippen LogP contribution in [0.1, 0.15) is 15.9 Å². The third-order valence-electron chi connectivity index (χ3n) is 4.99. The van der Waals surface area contributed by atoms with Crippen molar-refractivity contribution in [2.75, 3.05) is 12.4 Å². The van der Waals surface area contributed by atoms with Gasteiger partial charge in [-0.1, -0.05) is 35.9 Å². The Balaban J connectivity index is 1.80. The van der Waals surface area contributed by atoms with Crippen LogP contribution < -0.4 is 15.6 Å². The number of rotatable bonds is 4. The van der Waals surface area contributed by atoms with Gasteiger partial charge in [-0.25, -0.2) is 4.68 Å². The summed E-state index contributed by atoms with van der Waals surface area (Å²) >= 11 is 0. The van der Waals surface area contributed by atoms with E-state index in [1.54, 1.807) is 38.4 Å². The fourth-order valence-corrected chi connectivity index (χ4v) is 3.37. The van der Waals surface area contributed by atoms with E-state index in [1.165, 1.54) is 4.68 Å². The summed E-state index contributed by atoms with van der Waals surface area (Å²) in [5.74, 6) is 0.303. The molecule has 0 aliphatic carbocycles. The zero-order chi connectivity index (χ0) is 21.3. The average molecular weight is 399 g/mol. The second-order valence-electron chi connectivity index (χ2n) is 7.06. The van der Waals surface area contributed by atoms with Gasteiger partial charge in [-0.2, -0.15) is 5.10 Å². The molecule has 4 aromatic rings. The smallest absolute Gasteiger partial charge is 0.274 e. The lowest BCUT2D eigenvalue weighted by molar-refractivity contribution is 0.102. The summed E-state index contributed by atoms with van der Waals surface area (Å²) in [6.45, 7) is 1.97. The van der Waals surface area contributed by atoms with Crippen molar-refractivity contribution in [3.8, 4) is 17.0 Å². The number of benzene rings is 3. The molecule has 0 fully saturated rings. The third-order valence-corrected chi connectivity index (χ3v) is 4.99. The number of nitrogens with one attached hydrogen (secondary N) is 1. The van der Waals surface area contributed by atoms with Crippen LogP contribution in [0.15, 0.2) is 71.5 Å². The number of anilines is 1. The van der Waals surface area contributed by atoms with Crippen molar-refractivity contribution in [2.45, 2.75) is 6.92 Å². The van der Waals surface area contributed by atoms with Crippen molar-refractivity contribution < 1.29 is 9.53 Å². The number of nitrogens with zero attached hydrogens (tertiary/aromatic N) is 2. The van der Waals surface area contributed by atoms with Crippen molar-refractivity contribution in [2.24, 2.45) is 7.05 Å². The molecule has 4 rings (SSSR count). The molecule has 0 saturated carbocycles. The minimum Gasteiger partial charge on any atom is -0.495 e. The summed E-state index contributed by atoms with van der Waals surface area (Å²) in [5, 5.41) is 8.73. The van der Waals surface area contributed by atoms with E-state index in [0.29, 0.717) is 28.1 Å². The Labute approximate surface area is 173 Å². The molecular weight excluding hydrogens is 378 g/mol. The van der Waals surface area contributed by atoms with Crippen LogP contribution in [0.25, 0.3) is 22.0 Å². The van der Waals surface area contributed by atoms with Crippen LogP contribution in [0.5, 0.6) is 5.75 Å². The number of fused-ring (bicyclic) bond motifs is 1. The molecule has 0 spiro atoms. The molecule has 0 aliphatic heterocycles. The van der Waals surface area contributed by atoms with Gasteiger partial charge in [-0.05, 0) is 43.3 Å². The zero-order valence-electron chi connectivity index (χ0n) is 17.0. The van der Waals surface area contributed by atoms with Crippen LogP contribution in [0.3, 0.4) is 0 Å².